The molecule has 1 saturated heterocycles. The number of aromatic nitrogens is 1. The minimum Gasteiger partial charge on any atom is -0.493 e. The molecule has 0 spiro atoms. The highest BCUT2D eigenvalue weighted by Crippen LogP contribution is 2.27. The lowest BCUT2D eigenvalue weighted by Crippen LogP contribution is -2.46. The van der Waals surface area contributed by atoms with E-state index >= 15 is 0 Å². The zero-order chi connectivity index (χ0) is 15.5. The third-order valence-corrected chi connectivity index (χ3v) is 4.86. The number of rotatable bonds is 4. The van der Waals surface area contributed by atoms with Crippen LogP contribution in [0.1, 0.15) is 22.7 Å². The van der Waals surface area contributed by atoms with Gasteiger partial charge in [0.05, 0.1) is 6.61 Å². The van der Waals surface area contributed by atoms with Gasteiger partial charge in [0.2, 0.25) is 0 Å². The van der Waals surface area contributed by atoms with Gasteiger partial charge in [-0.25, -0.2) is 0 Å². The predicted octanol–water partition coefficient (Wildman–Crippen LogP) is 2.21. The molecule has 23 heavy (non-hydrogen) atoms. The van der Waals surface area contributed by atoms with E-state index in [2.05, 4.69) is 39.5 Å². The lowest BCUT2D eigenvalue weighted by Gasteiger charge is -2.36. The quantitative estimate of drug-likeness (QED) is 0.939. The minimum absolute atomic E-state index is 0.426. The standard InChI is InChI=1S/C19H23N3O/c1-2-17(13-20-7-1)18-14-21-8-10-22(18)9-5-15-3-4-19-16(12-15)6-11-23-19/h1-4,7,12-13,18,21H,5-6,8-11,14H2. The van der Waals surface area contributed by atoms with Crippen molar-refractivity contribution >= 4 is 0 Å². The van der Waals surface area contributed by atoms with Crippen molar-refractivity contribution < 1.29 is 4.74 Å². The van der Waals surface area contributed by atoms with E-state index in [9.17, 15) is 0 Å². The Hall–Kier alpha value is -1.91. The number of fused-ring (bicyclic) bond motifs is 1. The van der Waals surface area contributed by atoms with Gasteiger partial charge < -0.3 is 10.1 Å². The van der Waals surface area contributed by atoms with Gasteiger partial charge in [-0.1, -0.05) is 18.2 Å². The smallest absolute Gasteiger partial charge is 0.122 e. The van der Waals surface area contributed by atoms with E-state index in [0.29, 0.717) is 6.04 Å². The van der Waals surface area contributed by atoms with Crippen LogP contribution in [0.3, 0.4) is 0 Å². The summed E-state index contributed by atoms with van der Waals surface area (Å²) in [5.74, 6) is 1.07. The van der Waals surface area contributed by atoms with Crippen LogP contribution in [0.25, 0.3) is 0 Å². The van der Waals surface area contributed by atoms with Gasteiger partial charge in [0.25, 0.3) is 0 Å². The van der Waals surface area contributed by atoms with Gasteiger partial charge in [0.15, 0.2) is 0 Å². The number of nitrogens with zero attached hydrogens (tertiary/aromatic N) is 2. The Balaban J connectivity index is 1.44. The molecule has 4 nitrogen and oxygen atoms in total. The van der Waals surface area contributed by atoms with Crippen molar-refractivity contribution in [3.8, 4) is 5.75 Å². The number of pyridine rings is 1. The first-order valence-electron chi connectivity index (χ1n) is 8.49. The second-order valence-corrected chi connectivity index (χ2v) is 6.33. The van der Waals surface area contributed by atoms with E-state index in [-0.39, 0.29) is 0 Å². The molecule has 0 saturated carbocycles. The molecule has 3 heterocycles. The van der Waals surface area contributed by atoms with Crippen molar-refractivity contribution in [2.24, 2.45) is 0 Å². The normalized spacial score (nSPS) is 21.0. The van der Waals surface area contributed by atoms with Gasteiger partial charge in [-0.05, 0) is 35.2 Å². The van der Waals surface area contributed by atoms with E-state index in [1.54, 1.807) is 0 Å². The summed E-state index contributed by atoms with van der Waals surface area (Å²) in [6.07, 6.45) is 5.98. The van der Waals surface area contributed by atoms with Crippen LogP contribution in [-0.2, 0) is 12.8 Å². The van der Waals surface area contributed by atoms with Gasteiger partial charge >= 0.3 is 0 Å². The van der Waals surface area contributed by atoms with E-state index in [1.165, 1.54) is 16.7 Å². The van der Waals surface area contributed by atoms with Crippen molar-refractivity contribution in [1.82, 2.24) is 15.2 Å². The fourth-order valence-electron chi connectivity index (χ4n) is 3.58. The molecular formula is C19H23N3O. The number of benzene rings is 1. The summed E-state index contributed by atoms with van der Waals surface area (Å²) in [5.41, 5.74) is 4.09. The molecule has 1 unspecified atom stereocenters. The van der Waals surface area contributed by atoms with E-state index < -0.39 is 0 Å². The molecule has 1 aromatic heterocycles. The van der Waals surface area contributed by atoms with Crippen LogP contribution < -0.4 is 10.1 Å². The van der Waals surface area contributed by atoms with Crippen LogP contribution in [0.2, 0.25) is 0 Å². The highest BCUT2D eigenvalue weighted by Gasteiger charge is 2.23. The second kappa shape index (κ2) is 6.69. The molecule has 0 bridgehead atoms. The SMILES string of the molecule is c1cncc(C2CNCCN2CCc2ccc3c(c2)CCO3)c1. The van der Waals surface area contributed by atoms with E-state index in [0.717, 1.165) is 51.4 Å². The molecule has 120 valence electrons. The number of ether oxygens (including phenoxy) is 1. The first kappa shape index (κ1) is 14.7. The molecule has 0 amide bonds. The Morgan fingerprint density at radius 3 is 3.22 bits per heavy atom. The highest BCUT2D eigenvalue weighted by atomic mass is 16.5. The molecule has 1 atom stereocenters. The average molecular weight is 309 g/mol. The molecule has 4 rings (SSSR count). The zero-order valence-corrected chi connectivity index (χ0v) is 13.4. The molecule has 2 aliphatic heterocycles. The minimum atomic E-state index is 0.426. The summed E-state index contributed by atoms with van der Waals surface area (Å²) >= 11 is 0. The summed E-state index contributed by atoms with van der Waals surface area (Å²) in [6.45, 7) is 5.08. The summed E-state index contributed by atoms with van der Waals surface area (Å²) in [6, 6.07) is 11.3. The van der Waals surface area contributed by atoms with E-state index in [4.69, 9.17) is 4.74 Å². The Morgan fingerprint density at radius 1 is 1.30 bits per heavy atom. The van der Waals surface area contributed by atoms with Crippen LogP contribution in [0, 0.1) is 0 Å². The van der Waals surface area contributed by atoms with Crippen molar-refractivity contribution in [2.45, 2.75) is 18.9 Å². The number of nitrogens with one attached hydrogen (secondary N) is 1. The Labute approximate surface area is 137 Å². The van der Waals surface area contributed by atoms with Gasteiger partial charge in [-0.15, -0.1) is 0 Å². The molecule has 2 aromatic rings. The lowest BCUT2D eigenvalue weighted by atomic mass is 10.0. The Morgan fingerprint density at radius 2 is 2.30 bits per heavy atom. The maximum absolute atomic E-state index is 5.60. The number of piperazine rings is 1. The summed E-state index contributed by atoms with van der Waals surface area (Å²) in [5, 5.41) is 3.51. The van der Waals surface area contributed by atoms with Crippen LogP contribution in [0.5, 0.6) is 5.75 Å². The van der Waals surface area contributed by atoms with Crippen molar-refractivity contribution in [3.05, 3.63) is 59.4 Å². The predicted molar refractivity (Wildman–Crippen MR) is 90.8 cm³/mol. The average Bonchev–Trinajstić information content (AvgIpc) is 3.09. The Bertz CT molecular complexity index is 659. The number of hydrogen-bond acceptors (Lipinski definition) is 4. The summed E-state index contributed by atoms with van der Waals surface area (Å²) in [4.78, 5) is 6.86. The van der Waals surface area contributed by atoms with Crippen LogP contribution in [-0.4, -0.2) is 42.7 Å². The Kier molecular flexibility index (Phi) is 4.26. The fourth-order valence-corrected chi connectivity index (χ4v) is 3.58. The third kappa shape index (κ3) is 3.23. The topological polar surface area (TPSA) is 37.4 Å². The number of hydrogen-bond donors (Lipinski definition) is 1. The van der Waals surface area contributed by atoms with Crippen LogP contribution in [0.4, 0.5) is 0 Å². The lowest BCUT2D eigenvalue weighted by molar-refractivity contribution is 0.164. The van der Waals surface area contributed by atoms with Gasteiger partial charge in [-0.3, -0.25) is 9.88 Å². The summed E-state index contributed by atoms with van der Waals surface area (Å²) in [7, 11) is 0. The second-order valence-electron chi connectivity index (χ2n) is 6.33. The largest absolute Gasteiger partial charge is 0.493 e. The molecular weight excluding hydrogens is 286 g/mol. The van der Waals surface area contributed by atoms with Gasteiger partial charge in [0, 0.05) is 51.0 Å². The molecule has 1 fully saturated rings. The molecule has 0 aliphatic carbocycles. The molecule has 0 radical (unpaired) electrons. The van der Waals surface area contributed by atoms with E-state index in [1.807, 2.05) is 18.5 Å². The maximum atomic E-state index is 5.60. The van der Waals surface area contributed by atoms with Crippen molar-refractivity contribution in [3.63, 3.8) is 0 Å². The first-order valence-corrected chi connectivity index (χ1v) is 8.49. The third-order valence-electron chi connectivity index (χ3n) is 4.86. The fraction of sp³-hybridized carbons (Fsp3) is 0.421. The molecule has 1 aromatic carbocycles. The monoisotopic (exact) mass is 309 g/mol. The van der Waals surface area contributed by atoms with Crippen molar-refractivity contribution in [2.75, 3.05) is 32.8 Å². The molecule has 1 N–H and O–H groups in total. The van der Waals surface area contributed by atoms with Crippen LogP contribution in [0.15, 0.2) is 42.7 Å². The maximum Gasteiger partial charge on any atom is 0.122 e. The first-order chi connectivity index (χ1) is 11.4. The highest BCUT2D eigenvalue weighted by molar-refractivity contribution is 5.39. The van der Waals surface area contributed by atoms with Gasteiger partial charge in [-0.2, -0.15) is 0 Å². The van der Waals surface area contributed by atoms with Gasteiger partial charge in [0.1, 0.15) is 5.75 Å². The van der Waals surface area contributed by atoms with Crippen LogP contribution >= 0.6 is 0 Å². The zero-order valence-electron chi connectivity index (χ0n) is 13.4. The molecule has 4 heteroatoms. The van der Waals surface area contributed by atoms with Crippen molar-refractivity contribution in [1.29, 1.82) is 0 Å². The molecule has 2 aliphatic rings. The summed E-state index contributed by atoms with van der Waals surface area (Å²) < 4.78 is 5.60.